The number of nitrogens with one attached hydrogen (secondary N) is 1. The van der Waals surface area contributed by atoms with Crippen molar-refractivity contribution in [1.82, 2.24) is 5.32 Å². The van der Waals surface area contributed by atoms with Gasteiger partial charge in [0, 0.05) is 6.04 Å². The third-order valence-electron chi connectivity index (χ3n) is 4.53. The summed E-state index contributed by atoms with van der Waals surface area (Å²) in [6.07, 6.45) is 1.35. The SMILES string of the molecule is Cc1cc(C)c(C)c(O[C@@H](C)C(=O)N[C@@H](C)CCc2ccccc2)c1. The highest BCUT2D eigenvalue weighted by atomic mass is 16.5. The molecule has 0 aliphatic rings. The quantitative estimate of drug-likeness (QED) is 0.805. The predicted octanol–water partition coefficient (Wildman–Crippen LogP) is 4.52. The number of carbonyl (C=O) groups is 1. The van der Waals surface area contributed by atoms with Crippen molar-refractivity contribution in [2.45, 2.75) is 59.6 Å². The van der Waals surface area contributed by atoms with Crippen molar-refractivity contribution in [3.05, 3.63) is 64.7 Å². The molecule has 0 fully saturated rings. The molecule has 0 heterocycles. The van der Waals surface area contributed by atoms with Crippen LogP contribution in [0.4, 0.5) is 0 Å². The maximum absolute atomic E-state index is 12.4. The highest BCUT2D eigenvalue weighted by Gasteiger charge is 2.18. The molecule has 0 aromatic heterocycles. The predicted molar refractivity (Wildman–Crippen MR) is 103 cm³/mol. The molecule has 0 spiro atoms. The van der Waals surface area contributed by atoms with Crippen LogP contribution in [0.5, 0.6) is 5.75 Å². The highest BCUT2D eigenvalue weighted by molar-refractivity contribution is 5.81. The number of amides is 1. The molecule has 0 aliphatic heterocycles. The van der Waals surface area contributed by atoms with E-state index in [4.69, 9.17) is 4.74 Å². The first kappa shape index (κ1) is 19.0. The van der Waals surface area contributed by atoms with Gasteiger partial charge in [-0.05, 0) is 75.8 Å². The topological polar surface area (TPSA) is 38.3 Å². The molecular weight excluding hydrogens is 310 g/mol. The van der Waals surface area contributed by atoms with E-state index >= 15 is 0 Å². The van der Waals surface area contributed by atoms with Gasteiger partial charge in [0.15, 0.2) is 6.10 Å². The maximum Gasteiger partial charge on any atom is 0.260 e. The molecule has 0 saturated carbocycles. The number of benzene rings is 2. The largest absolute Gasteiger partial charge is 0.481 e. The van der Waals surface area contributed by atoms with E-state index in [0.717, 1.165) is 29.7 Å². The van der Waals surface area contributed by atoms with Crippen LogP contribution in [0.15, 0.2) is 42.5 Å². The molecule has 2 aromatic rings. The summed E-state index contributed by atoms with van der Waals surface area (Å²) in [6.45, 7) is 9.96. The fourth-order valence-electron chi connectivity index (χ4n) is 2.83. The van der Waals surface area contributed by atoms with Crippen LogP contribution in [0.25, 0.3) is 0 Å². The van der Waals surface area contributed by atoms with Crippen LogP contribution in [0, 0.1) is 20.8 Å². The van der Waals surface area contributed by atoms with Crippen LogP contribution in [-0.4, -0.2) is 18.1 Å². The van der Waals surface area contributed by atoms with Crippen molar-refractivity contribution in [3.8, 4) is 5.75 Å². The molecule has 0 unspecified atom stereocenters. The normalized spacial score (nSPS) is 13.2. The zero-order valence-electron chi connectivity index (χ0n) is 15.9. The Balaban J connectivity index is 1.87. The maximum atomic E-state index is 12.4. The average Bonchev–Trinajstić information content (AvgIpc) is 2.58. The summed E-state index contributed by atoms with van der Waals surface area (Å²) in [5.41, 5.74) is 4.70. The van der Waals surface area contributed by atoms with E-state index in [1.54, 1.807) is 6.92 Å². The number of aryl methyl sites for hydroxylation is 3. The van der Waals surface area contributed by atoms with E-state index in [0.29, 0.717) is 0 Å². The van der Waals surface area contributed by atoms with Gasteiger partial charge < -0.3 is 10.1 Å². The summed E-state index contributed by atoms with van der Waals surface area (Å²) in [5.74, 6) is 0.719. The zero-order chi connectivity index (χ0) is 18.4. The van der Waals surface area contributed by atoms with Crippen LogP contribution in [0.2, 0.25) is 0 Å². The number of hydrogen-bond donors (Lipinski definition) is 1. The minimum atomic E-state index is -0.515. The molecule has 0 aliphatic carbocycles. The Bertz CT molecular complexity index is 709. The Labute approximate surface area is 151 Å². The number of carbonyl (C=O) groups excluding carboxylic acids is 1. The molecule has 134 valence electrons. The monoisotopic (exact) mass is 339 g/mol. The molecule has 2 aromatic carbocycles. The first-order chi connectivity index (χ1) is 11.9. The molecule has 2 rings (SSSR count). The smallest absolute Gasteiger partial charge is 0.260 e. The van der Waals surface area contributed by atoms with E-state index in [1.165, 1.54) is 11.1 Å². The van der Waals surface area contributed by atoms with Gasteiger partial charge in [0.1, 0.15) is 5.75 Å². The second kappa shape index (κ2) is 8.70. The Hall–Kier alpha value is -2.29. The van der Waals surface area contributed by atoms with Crippen molar-refractivity contribution in [3.63, 3.8) is 0 Å². The molecule has 2 atom stereocenters. The van der Waals surface area contributed by atoms with Gasteiger partial charge in [0.05, 0.1) is 0 Å². The minimum Gasteiger partial charge on any atom is -0.481 e. The lowest BCUT2D eigenvalue weighted by Crippen LogP contribution is -2.41. The molecule has 3 heteroatoms. The summed E-state index contributed by atoms with van der Waals surface area (Å²) in [4.78, 5) is 12.4. The van der Waals surface area contributed by atoms with Gasteiger partial charge in [-0.15, -0.1) is 0 Å². The van der Waals surface area contributed by atoms with Gasteiger partial charge in [0.2, 0.25) is 0 Å². The van der Waals surface area contributed by atoms with Crippen LogP contribution >= 0.6 is 0 Å². The molecule has 3 nitrogen and oxygen atoms in total. The third kappa shape index (κ3) is 5.63. The number of rotatable bonds is 7. The van der Waals surface area contributed by atoms with Gasteiger partial charge in [-0.1, -0.05) is 36.4 Å². The van der Waals surface area contributed by atoms with E-state index in [1.807, 2.05) is 45.0 Å². The fraction of sp³-hybridized carbons (Fsp3) is 0.409. The lowest BCUT2D eigenvalue weighted by Gasteiger charge is -2.20. The van der Waals surface area contributed by atoms with Gasteiger partial charge in [-0.3, -0.25) is 4.79 Å². The summed E-state index contributed by atoms with van der Waals surface area (Å²) >= 11 is 0. The van der Waals surface area contributed by atoms with Gasteiger partial charge in [-0.2, -0.15) is 0 Å². The molecule has 0 saturated heterocycles. The van der Waals surface area contributed by atoms with Crippen LogP contribution < -0.4 is 10.1 Å². The van der Waals surface area contributed by atoms with Gasteiger partial charge in [-0.25, -0.2) is 0 Å². The Morgan fingerprint density at radius 3 is 2.44 bits per heavy atom. The van der Waals surface area contributed by atoms with E-state index in [-0.39, 0.29) is 11.9 Å². The average molecular weight is 339 g/mol. The number of ether oxygens (including phenoxy) is 1. The van der Waals surface area contributed by atoms with Crippen LogP contribution in [0.3, 0.4) is 0 Å². The van der Waals surface area contributed by atoms with E-state index in [2.05, 4.69) is 30.4 Å². The standard InChI is InChI=1S/C22H29NO2/c1-15-13-16(2)18(4)21(14-15)25-19(5)22(24)23-17(3)11-12-20-9-7-6-8-10-20/h6-10,13-14,17,19H,11-12H2,1-5H3,(H,23,24)/t17-,19-/m0/s1. The molecular formula is C22H29NO2. The molecule has 25 heavy (non-hydrogen) atoms. The molecule has 1 N–H and O–H groups in total. The molecule has 0 radical (unpaired) electrons. The van der Waals surface area contributed by atoms with Gasteiger partial charge >= 0.3 is 0 Å². The lowest BCUT2D eigenvalue weighted by molar-refractivity contribution is -0.127. The Morgan fingerprint density at radius 1 is 1.08 bits per heavy atom. The third-order valence-corrected chi connectivity index (χ3v) is 4.53. The van der Waals surface area contributed by atoms with E-state index in [9.17, 15) is 4.79 Å². The minimum absolute atomic E-state index is 0.0703. The summed E-state index contributed by atoms with van der Waals surface area (Å²) in [5, 5.41) is 3.05. The second-order valence-electron chi connectivity index (χ2n) is 6.90. The zero-order valence-corrected chi connectivity index (χ0v) is 15.9. The van der Waals surface area contributed by atoms with Crippen LogP contribution in [0.1, 0.15) is 42.5 Å². The van der Waals surface area contributed by atoms with Crippen molar-refractivity contribution in [1.29, 1.82) is 0 Å². The summed E-state index contributed by atoms with van der Waals surface area (Å²) in [6, 6.07) is 14.6. The first-order valence-electron chi connectivity index (χ1n) is 8.95. The Morgan fingerprint density at radius 2 is 1.76 bits per heavy atom. The van der Waals surface area contributed by atoms with Gasteiger partial charge in [0.25, 0.3) is 5.91 Å². The molecule has 0 bridgehead atoms. The van der Waals surface area contributed by atoms with Crippen molar-refractivity contribution in [2.75, 3.05) is 0 Å². The first-order valence-corrected chi connectivity index (χ1v) is 8.95. The van der Waals surface area contributed by atoms with Crippen molar-refractivity contribution in [2.24, 2.45) is 0 Å². The summed E-state index contributed by atoms with van der Waals surface area (Å²) in [7, 11) is 0. The number of hydrogen-bond acceptors (Lipinski definition) is 2. The highest BCUT2D eigenvalue weighted by Crippen LogP contribution is 2.24. The van der Waals surface area contributed by atoms with E-state index < -0.39 is 6.10 Å². The summed E-state index contributed by atoms with van der Waals surface area (Å²) < 4.78 is 5.92. The Kier molecular flexibility index (Phi) is 6.63. The molecule has 1 amide bonds. The fourth-order valence-corrected chi connectivity index (χ4v) is 2.83. The second-order valence-corrected chi connectivity index (χ2v) is 6.90. The van der Waals surface area contributed by atoms with Crippen LogP contribution in [-0.2, 0) is 11.2 Å². The van der Waals surface area contributed by atoms with Crippen molar-refractivity contribution >= 4 is 5.91 Å². The van der Waals surface area contributed by atoms with Crippen molar-refractivity contribution < 1.29 is 9.53 Å². The lowest BCUT2D eigenvalue weighted by atomic mass is 10.1.